The fourth-order valence-electron chi connectivity index (χ4n) is 6.10. The summed E-state index contributed by atoms with van der Waals surface area (Å²) in [5, 5.41) is 15.2. The third kappa shape index (κ3) is 5.77. The maximum atomic E-state index is 12.9. The number of ether oxygens (including phenoxy) is 4. The number of fused-ring (bicyclic) bond motifs is 4. The molecule has 47 heavy (non-hydrogen) atoms. The molecule has 0 unspecified atom stereocenters. The highest BCUT2D eigenvalue weighted by molar-refractivity contribution is 9.10. The van der Waals surface area contributed by atoms with Gasteiger partial charge in [0.05, 0.1) is 36.0 Å². The number of methoxy groups -OCH3 is 2. The van der Waals surface area contributed by atoms with Crippen LogP contribution in [-0.2, 0) is 9.53 Å². The van der Waals surface area contributed by atoms with Crippen LogP contribution in [0, 0.1) is 11.3 Å². The molecule has 2 amide bonds. The van der Waals surface area contributed by atoms with Crippen molar-refractivity contribution < 1.29 is 28.5 Å². The molecule has 1 aliphatic carbocycles. The topological polar surface area (TPSA) is 171 Å². The highest BCUT2D eigenvalue weighted by Gasteiger charge is 2.34. The van der Waals surface area contributed by atoms with Crippen molar-refractivity contribution in [3.63, 3.8) is 0 Å². The summed E-state index contributed by atoms with van der Waals surface area (Å²) in [6.45, 7) is -0.245. The Morgan fingerprint density at radius 2 is 1.64 bits per heavy atom. The summed E-state index contributed by atoms with van der Waals surface area (Å²) in [4.78, 5) is 25.4. The van der Waals surface area contributed by atoms with E-state index in [9.17, 15) is 14.9 Å². The SMILES string of the molecule is COc1cc([C@H]2C(C#N)=C(N)Oc3c2ccc(NC(=O)CNC(=O)OCC2c4ccccc4-c4ccccc42)c3N)cc(Br)c1OC. The number of hydrogen-bond donors (Lipinski definition) is 4. The van der Waals surface area contributed by atoms with Gasteiger partial charge in [0.2, 0.25) is 11.8 Å². The van der Waals surface area contributed by atoms with Gasteiger partial charge >= 0.3 is 6.09 Å². The van der Waals surface area contributed by atoms with Gasteiger partial charge in [-0.15, -0.1) is 0 Å². The average molecular weight is 697 g/mol. The summed E-state index contributed by atoms with van der Waals surface area (Å²) in [6.07, 6.45) is -0.727. The molecular weight excluding hydrogens is 666 g/mol. The second kappa shape index (κ2) is 13.0. The molecule has 6 N–H and O–H groups in total. The van der Waals surface area contributed by atoms with Crippen molar-refractivity contribution in [3.8, 4) is 34.4 Å². The number of anilines is 2. The number of benzene rings is 4. The smallest absolute Gasteiger partial charge is 0.407 e. The molecule has 1 atom stereocenters. The van der Waals surface area contributed by atoms with E-state index < -0.39 is 17.9 Å². The van der Waals surface area contributed by atoms with Crippen molar-refractivity contribution in [2.75, 3.05) is 38.4 Å². The molecule has 4 aromatic carbocycles. The number of hydrogen-bond acceptors (Lipinski definition) is 9. The lowest BCUT2D eigenvalue weighted by Gasteiger charge is -2.28. The van der Waals surface area contributed by atoms with Crippen molar-refractivity contribution in [3.05, 3.63) is 111 Å². The molecule has 238 valence electrons. The van der Waals surface area contributed by atoms with E-state index in [1.165, 1.54) is 14.2 Å². The molecule has 0 bridgehead atoms. The van der Waals surface area contributed by atoms with E-state index in [0.29, 0.717) is 27.1 Å². The van der Waals surface area contributed by atoms with Crippen LogP contribution < -0.4 is 36.3 Å². The number of nitrogen functional groups attached to an aromatic ring is 1. The maximum absolute atomic E-state index is 12.9. The predicted molar refractivity (Wildman–Crippen MR) is 179 cm³/mol. The number of allylic oxidation sites excluding steroid dienone is 1. The number of alkyl carbamates (subject to hydrolysis) is 1. The highest BCUT2D eigenvalue weighted by Crippen LogP contribution is 2.49. The first kappa shape index (κ1) is 31.3. The molecule has 1 aliphatic heterocycles. The molecule has 0 aromatic heterocycles. The van der Waals surface area contributed by atoms with Crippen molar-refractivity contribution in [2.45, 2.75) is 11.8 Å². The van der Waals surface area contributed by atoms with E-state index in [2.05, 4.69) is 44.8 Å². The molecule has 0 spiro atoms. The van der Waals surface area contributed by atoms with Crippen LogP contribution in [0.5, 0.6) is 17.2 Å². The first-order chi connectivity index (χ1) is 22.7. The molecule has 11 nitrogen and oxygen atoms in total. The number of amides is 2. The monoisotopic (exact) mass is 695 g/mol. The number of nitrogens with one attached hydrogen (secondary N) is 2. The number of nitrogens with two attached hydrogens (primary N) is 2. The van der Waals surface area contributed by atoms with Crippen molar-refractivity contribution in [2.24, 2.45) is 5.73 Å². The lowest BCUT2D eigenvalue weighted by atomic mass is 9.83. The lowest BCUT2D eigenvalue weighted by molar-refractivity contribution is -0.115. The summed E-state index contributed by atoms with van der Waals surface area (Å²) >= 11 is 3.50. The van der Waals surface area contributed by atoms with Gasteiger partial charge in [-0.25, -0.2) is 4.79 Å². The minimum atomic E-state index is -0.727. The molecule has 2 aliphatic rings. The number of carbonyl (C=O) groups excluding carboxylic acids is 2. The standard InChI is InChI=1S/C35H30BrN5O6/c1-44-28-14-18(13-26(36)33(28)45-2)30-23-11-12-27(31(38)32(23)47-34(39)24(30)15-37)41-29(42)16-40-35(43)46-17-25-21-9-5-3-7-19(21)20-8-4-6-10-22(20)25/h3-14,25,30H,16-17,38-39H2,1-2H3,(H,40,43)(H,41,42)/t30-/m1/s1. The van der Waals surface area contributed by atoms with Gasteiger partial charge in [-0.2, -0.15) is 5.26 Å². The Labute approximate surface area is 279 Å². The maximum Gasteiger partial charge on any atom is 0.407 e. The van der Waals surface area contributed by atoms with E-state index in [0.717, 1.165) is 22.3 Å². The molecule has 6 rings (SSSR count). The average Bonchev–Trinajstić information content (AvgIpc) is 3.40. The van der Waals surface area contributed by atoms with Crippen LogP contribution in [0.1, 0.15) is 34.1 Å². The van der Waals surface area contributed by atoms with E-state index >= 15 is 0 Å². The fraction of sp³-hybridized carbons (Fsp3) is 0.171. The number of rotatable bonds is 8. The third-order valence-electron chi connectivity index (χ3n) is 8.22. The van der Waals surface area contributed by atoms with Crippen LogP contribution in [0.3, 0.4) is 0 Å². The molecule has 0 saturated carbocycles. The fourth-order valence-corrected chi connectivity index (χ4v) is 6.72. The van der Waals surface area contributed by atoms with Gasteiger partial charge in [-0.05, 0) is 61.9 Å². The van der Waals surface area contributed by atoms with Crippen LogP contribution >= 0.6 is 15.9 Å². The zero-order valence-electron chi connectivity index (χ0n) is 25.4. The quantitative estimate of drug-likeness (QED) is 0.168. The number of nitriles is 1. The normalized spacial score (nSPS) is 14.6. The number of nitrogens with zero attached hydrogens (tertiary/aromatic N) is 1. The summed E-state index contributed by atoms with van der Waals surface area (Å²) in [7, 11) is 3.03. The van der Waals surface area contributed by atoms with Crippen LogP contribution in [-0.4, -0.2) is 39.4 Å². The van der Waals surface area contributed by atoms with E-state index in [1.807, 2.05) is 36.4 Å². The van der Waals surface area contributed by atoms with Gasteiger partial charge in [0.15, 0.2) is 17.2 Å². The Kier molecular flexibility index (Phi) is 8.65. The zero-order valence-corrected chi connectivity index (χ0v) is 27.0. The zero-order chi connectivity index (χ0) is 33.2. The van der Waals surface area contributed by atoms with Crippen LogP contribution in [0.25, 0.3) is 11.1 Å². The van der Waals surface area contributed by atoms with Crippen LogP contribution in [0.4, 0.5) is 16.2 Å². The van der Waals surface area contributed by atoms with Gasteiger partial charge in [-0.3, -0.25) is 4.79 Å². The Morgan fingerprint density at radius 3 is 2.28 bits per heavy atom. The molecule has 0 saturated heterocycles. The van der Waals surface area contributed by atoms with Crippen LogP contribution in [0.15, 0.2) is 88.7 Å². The molecule has 1 heterocycles. The Hall–Kier alpha value is -5.67. The largest absolute Gasteiger partial charge is 0.493 e. The Morgan fingerprint density at radius 1 is 0.957 bits per heavy atom. The van der Waals surface area contributed by atoms with Gasteiger partial charge in [0.1, 0.15) is 24.8 Å². The Bertz CT molecular complexity index is 1940. The van der Waals surface area contributed by atoms with Crippen molar-refractivity contribution >= 4 is 39.3 Å². The molecular formula is C35H30BrN5O6. The first-order valence-electron chi connectivity index (χ1n) is 14.6. The minimum absolute atomic E-state index is 0.0986. The minimum Gasteiger partial charge on any atom is -0.493 e. The predicted octanol–water partition coefficient (Wildman–Crippen LogP) is 5.74. The van der Waals surface area contributed by atoms with Crippen molar-refractivity contribution in [1.82, 2.24) is 5.32 Å². The second-order valence-electron chi connectivity index (χ2n) is 10.8. The highest BCUT2D eigenvalue weighted by atomic mass is 79.9. The lowest BCUT2D eigenvalue weighted by Crippen LogP contribution is -2.34. The van der Waals surface area contributed by atoms with Gasteiger partial charge in [-0.1, -0.05) is 54.6 Å². The summed E-state index contributed by atoms with van der Waals surface area (Å²) in [5.41, 5.74) is 18.8. The number of carbonyl (C=O) groups is 2. The summed E-state index contributed by atoms with van der Waals surface area (Å²) < 4.78 is 22.9. The molecule has 0 fully saturated rings. The second-order valence-corrected chi connectivity index (χ2v) is 11.7. The van der Waals surface area contributed by atoms with Crippen molar-refractivity contribution in [1.29, 1.82) is 5.26 Å². The van der Waals surface area contributed by atoms with E-state index in [4.69, 9.17) is 30.4 Å². The Balaban J connectivity index is 1.14. The first-order valence-corrected chi connectivity index (χ1v) is 15.3. The third-order valence-corrected chi connectivity index (χ3v) is 8.81. The number of halogens is 1. The molecule has 12 heteroatoms. The summed E-state index contributed by atoms with van der Waals surface area (Å²) in [6, 6.07) is 25.0. The van der Waals surface area contributed by atoms with E-state index in [-0.39, 0.29) is 47.7 Å². The van der Waals surface area contributed by atoms with Gasteiger partial charge < -0.3 is 41.0 Å². The van der Waals surface area contributed by atoms with Gasteiger partial charge in [0, 0.05) is 11.5 Å². The summed E-state index contributed by atoms with van der Waals surface area (Å²) in [5.74, 6) is -0.290. The molecule has 4 aromatic rings. The van der Waals surface area contributed by atoms with E-state index in [1.54, 1.807) is 24.3 Å². The van der Waals surface area contributed by atoms with Gasteiger partial charge in [0.25, 0.3) is 0 Å². The molecule has 0 radical (unpaired) electrons. The van der Waals surface area contributed by atoms with Crippen LogP contribution in [0.2, 0.25) is 0 Å².